The molecular formula is C13H9F4NO. The molecule has 19 heavy (non-hydrogen) atoms. The molecule has 0 aliphatic rings. The molecule has 0 aliphatic heterocycles. The number of benzene rings is 1. The Morgan fingerprint density at radius 2 is 1.79 bits per heavy atom. The highest BCUT2D eigenvalue weighted by atomic mass is 19.4. The van der Waals surface area contributed by atoms with Gasteiger partial charge in [-0.2, -0.15) is 13.2 Å². The fourth-order valence-corrected chi connectivity index (χ4v) is 1.41. The molecule has 0 amide bonds. The number of alkyl halides is 3. The third-order valence-electron chi connectivity index (χ3n) is 2.35. The summed E-state index contributed by atoms with van der Waals surface area (Å²) in [5.41, 5.74) is -0.374. The van der Waals surface area contributed by atoms with E-state index in [4.69, 9.17) is 4.74 Å². The SMILES string of the molecule is Fc1cc(C(F)(F)F)cnc1OCc1ccccc1. The van der Waals surface area contributed by atoms with Crippen molar-refractivity contribution in [1.82, 2.24) is 4.98 Å². The lowest BCUT2D eigenvalue weighted by Crippen LogP contribution is -2.07. The predicted molar refractivity (Wildman–Crippen MR) is 60.0 cm³/mol. The van der Waals surface area contributed by atoms with Crippen LogP contribution in [0.5, 0.6) is 5.88 Å². The normalized spacial score (nSPS) is 11.4. The molecule has 0 fully saturated rings. The molecule has 0 bridgehead atoms. The Balaban J connectivity index is 2.10. The first-order valence-electron chi connectivity index (χ1n) is 5.36. The lowest BCUT2D eigenvalue weighted by Gasteiger charge is -2.09. The largest absolute Gasteiger partial charge is 0.471 e. The molecule has 1 aromatic carbocycles. The third kappa shape index (κ3) is 3.43. The van der Waals surface area contributed by atoms with Crippen molar-refractivity contribution in [2.24, 2.45) is 0 Å². The van der Waals surface area contributed by atoms with E-state index in [9.17, 15) is 17.6 Å². The predicted octanol–water partition coefficient (Wildman–Crippen LogP) is 3.82. The zero-order chi connectivity index (χ0) is 13.9. The Hall–Kier alpha value is -2.11. The summed E-state index contributed by atoms with van der Waals surface area (Å²) in [6, 6.07) is 9.22. The molecule has 1 aromatic heterocycles. The minimum absolute atomic E-state index is 0.0378. The molecule has 0 saturated heterocycles. The summed E-state index contributed by atoms with van der Waals surface area (Å²) in [6.07, 6.45) is -4.07. The van der Waals surface area contributed by atoms with Gasteiger partial charge in [0.05, 0.1) is 5.56 Å². The second-order valence-corrected chi connectivity index (χ2v) is 3.78. The Labute approximate surface area is 106 Å². The van der Waals surface area contributed by atoms with Gasteiger partial charge in [0, 0.05) is 6.20 Å². The fraction of sp³-hybridized carbons (Fsp3) is 0.154. The van der Waals surface area contributed by atoms with Crippen molar-refractivity contribution < 1.29 is 22.3 Å². The number of hydrogen-bond acceptors (Lipinski definition) is 2. The van der Waals surface area contributed by atoms with Gasteiger partial charge < -0.3 is 4.74 Å². The summed E-state index contributed by atoms with van der Waals surface area (Å²) in [6.45, 7) is 0.0378. The summed E-state index contributed by atoms with van der Waals surface area (Å²) >= 11 is 0. The molecule has 6 heteroatoms. The van der Waals surface area contributed by atoms with E-state index in [1.807, 2.05) is 0 Å². The molecule has 100 valence electrons. The number of nitrogens with zero attached hydrogens (tertiary/aromatic N) is 1. The van der Waals surface area contributed by atoms with Crippen LogP contribution in [0.3, 0.4) is 0 Å². The maximum atomic E-state index is 13.4. The minimum atomic E-state index is -4.62. The molecule has 0 unspecified atom stereocenters. The van der Waals surface area contributed by atoms with Crippen LogP contribution in [-0.4, -0.2) is 4.98 Å². The van der Waals surface area contributed by atoms with Gasteiger partial charge in [-0.25, -0.2) is 9.37 Å². The molecule has 0 saturated carbocycles. The number of pyridine rings is 1. The summed E-state index contributed by atoms with van der Waals surface area (Å²) in [4.78, 5) is 3.34. The first-order valence-corrected chi connectivity index (χ1v) is 5.36. The molecular weight excluding hydrogens is 262 g/mol. The number of halogens is 4. The van der Waals surface area contributed by atoms with Gasteiger partial charge in [0.15, 0.2) is 5.82 Å². The van der Waals surface area contributed by atoms with E-state index < -0.39 is 23.4 Å². The van der Waals surface area contributed by atoms with Crippen LogP contribution in [0.2, 0.25) is 0 Å². The molecule has 2 aromatic rings. The van der Waals surface area contributed by atoms with Crippen LogP contribution < -0.4 is 4.74 Å². The second-order valence-electron chi connectivity index (χ2n) is 3.78. The summed E-state index contributed by atoms with van der Waals surface area (Å²) < 4.78 is 55.3. The van der Waals surface area contributed by atoms with Gasteiger partial charge in [0.25, 0.3) is 5.88 Å². The average molecular weight is 271 g/mol. The first-order chi connectivity index (χ1) is 8.97. The highest BCUT2D eigenvalue weighted by Gasteiger charge is 2.32. The van der Waals surface area contributed by atoms with Crippen molar-refractivity contribution in [2.75, 3.05) is 0 Å². The number of rotatable bonds is 3. The third-order valence-corrected chi connectivity index (χ3v) is 2.35. The van der Waals surface area contributed by atoms with Crippen LogP contribution in [0, 0.1) is 5.82 Å². The maximum absolute atomic E-state index is 13.4. The smallest absolute Gasteiger partial charge is 0.417 e. The van der Waals surface area contributed by atoms with Crippen LogP contribution in [0.1, 0.15) is 11.1 Å². The van der Waals surface area contributed by atoms with E-state index in [-0.39, 0.29) is 6.61 Å². The highest BCUT2D eigenvalue weighted by molar-refractivity contribution is 5.23. The summed E-state index contributed by atoms with van der Waals surface area (Å²) in [5.74, 6) is -1.58. The monoisotopic (exact) mass is 271 g/mol. The number of hydrogen-bond donors (Lipinski definition) is 0. The van der Waals surface area contributed by atoms with E-state index >= 15 is 0 Å². The maximum Gasteiger partial charge on any atom is 0.417 e. The lowest BCUT2D eigenvalue weighted by molar-refractivity contribution is -0.138. The molecule has 0 N–H and O–H groups in total. The van der Waals surface area contributed by atoms with Gasteiger partial charge in [-0.05, 0) is 11.6 Å². The zero-order valence-corrected chi connectivity index (χ0v) is 9.62. The van der Waals surface area contributed by atoms with Crippen molar-refractivity contribution in [3.63, 3.8) is 0 Å². The van der Waals surface area contributed by atoms with Crippen LogP contribution >= 0.6 is 0 Å². The topological polar surface area (TPSA) is 22.1 Å². The van der Waals surface area contributed by atoms with E-state index in [1.165, 1.54) is 0 Å². The standard InChI is InChI=1S/C13H9F4NO/c14-11-6-10(13(15,16)17)7-18-12(11)19-8-9-4-2-1-3-5-9/h1-7H,8H2. The highest BCUT2D eigenvalue weighted by Crippen LogP contribution is 2.30. The van der Waals surface area contributed by atoms with Gasteiger partial charge in [0.1, 0.15) is 6.61 Å². The van der Waals surface area contributed by atoms with E-state index in [1.54, 1.807) is 30.3 Å². The van der Waals surface area contributed by atoms with Crippen LogP contribution in [0.15, 0.2) is 42.6 Å². The van der Waals surface area contributed by atoms with E-state index in [0.29, 0.717) is 12.3 Å². The molecule has 1 heterocycles. The molecule has 0 aliphatic carbocycles. The van der Waals surface area contributed by atoms with Gasteiger partial charge in [-0.3, -0.25) is 0 Å². The van der Waals surface area contributed by atoms with Crippen molar-refractivity contribution in [3.05, 3.63) is 59.5 Å². The molecule has 0 radical (unpaired) electrons. The number of ether oxygens (including phenoxy) is 1. The molecule has 2 rings (SSSR count). The van der Waals surface area contributed by atoms with Crippen LogP contribution in [0.4, 0.5) is 17.6 Å². The van der Waals surface area contributed by atoms with Crippen LogP contribution in [-0.2, 0) is 12.8 Å². The minimum Gasteiger partial charge on any atom is -0.471 e. The van der Waals surface area contributed by atoms with Gasteiger partial charge >= 0.3 is 6.18 Å². The molecule has 2 nitrogen and oxygen atoms in total. The first kappa shape index (κ1) is 13.3. The summed E-state index contributed by atoms with van der Waals surface area (Å²) in [7, 11) is 0. The van der Waals surface area contributed by atoms with Gasteiger partial charge in [0.2, 0.25) is 0 Å². The average Bonchev–Trinajstić information content (AvgIpc) is 2.37. The fourth-order valence-electron chi connectivity index (χ4n) is 1.41. The molecule has 0 spiro atoms. The van der Waals surface area contributed by atoms with Crippen LogP contribution in [0.25, 0.3) is 0 Å². The van der Waals surface area contributed by atoms with Crippen molar-refractivity contribution in [2.45, 2.75) is 12.8 Å². The number of aromatic nitrogens is 1. The quantitative estimate of drug-likeness (QED) is 0.792. The molecule has 0 atom stereocenters. The van der Waals surface area contributed by atoms with Gasteiger partial charge in [-0.15, -0.1) is 0 Å². The zero-order valence-electron chi connectivity index (χ0n) is 9.62. The second kappa shape index (κ2) is 5.26. The van der Waals surface area contributed by atoms with E-state index in [0.717, 1.165) is 5.56 Å². The van der Waals surface area contributed by atoms with E-state index in [2.05, 4.69) is 4.98 Å². The Bertz CT molecular complexity index is 554. The Morgan fingerprint density at radius 1 is 1.11 bits per heavy atom. The Morgan fingerprint density at radius 3 is 2.37 bits per heavy atom. The van der Waals surface area contributed by atoms with Crippen molar-refractivity contribution in [1.29, 1.82) is 0 Å². The van der Waals surface area contributed by atoms with Gasteiger partial charge in [-0.1, -0.05) is 30.3 Å². The van der Waals surface area contributed by atoms with Crippen molar-refractivity contribution >= 4 is 0 Å². The Kier molecular flexibility index (Phi) is 3.69. The van der Waals surface area contributed by atoms with Crippen molar-refractivity contribution in [3.8, 4) is 5.88 Å². The summed E-state index contributed by atoms with van der Waals surface area (Å²) in [5, 5.41) is 0. The lowest BCUT2D eigenvalue weighted by atomic mass is 10.2.